The molecule has 0 aromatic heterocycles. The molecule has 0 atom stereocenters. The summed E-state index contributed by atoms with van der Waals surface area (Å²) in [5.41, 5.74) is 1.93. The fourth-order valence-electron chi connectivity index (χ4n) is 4.89. The maximum atomic E-state index is 12.4. The Hall–Kier alpha value is -1.57. The number of carbonyl (C=O) groups excluding carboxylic acids is 1. The Balaban J connectivity index is 1.37. The quantitative estimate of drug-likeness (QED) is 0.370. The molecule has 2 nitrogen and oxygen atoms in total. The largest absolute Gasteiger partial charge is 0.459 e. The molecule has 0 bridgehead atoms. The predicted octanol–water partition coefficient (Wildman–Crippen LogP) is 7.13. The molecule has 0 radical (unpaired) electrons. The number of hydrogen-bond donors (Lipinski definition) is 0. The zero-order valence-corrected chi connectivity index (χ0v) is 17.9. The van der Waals surface area contributed by atoms with Gasteiger partial charge in [-0.15, -0.1) is 0 Å². The average molecular weight is 383 g/mol. The number of allylic oxidation sites excluding steroid dienone is 2. The predicted molar refractivity (Wildman–Crippen MR) is 116 cm³/mol. The molecule has 2 fully saturated rings. The first kappa shape index (κ1) is 21.1. The highest BCUT2D eigenvalue weighted by atomic mass is 16.5. The van der Waals surface area contributed by atoms with Crippen LogP contribution in [0.5, 0.6) is 0 Å². The minimum absolute atomic E-state index is 0.0903. The van der Waals surface area contributed by atoms with E-state index in [9.17, 15) is 4.79 Å². The Bertz CT molecular complexity index is 614. The van der Waals surface area contributed by atoms with Crippen LogP contribution < -0.4 is 0 Å². The Labute approximate surface area is 171 Å². The van der Waals surface area contributed by atoms with E-state index >= 15 is 0 Å². The second-order valence-corrected chi connectivity index (χ2v) is 8.95. The monoisotopic (exact) mass is 382 g/mol. The van der Waals surface area contributed by atoms with Crippen molar-refractivity contribution in [2.24, 2.45) is 17.8 Å². The highest BCUT2D eigenvalue weighted by Gasteiger charge is 2.24. The standard InChI is InChI=1S/C26H38O2/c1-3-5-21-6-8-22(9-7-21)10-11-23-14-18-25(19-15-23)28-26(27)24-16-12-20(4-2)13-17-24/h10-13,16-17,21-23,25H,3-9,14-15,18-19H2,1-2H3/b11-10+. The first-order valence-corrected chi connectivity index (χ1v) is 11.7. The summed E-state index contributed by atoms with van der Waals surface area (Å²) in [6, 6.07) is 7.83. The number of rotatable bonds is 7. The highest BCUT2D eigenvalue weighted by Crippen LogP contribution is 2.34. The molecule has 2 heteroatoms. The van der Waals surface area contributed by atoms with E-state index < -0.39 is 0 Å². The van der Waals surface area contributed by atoms with Crippen molar-refractivity contribution in [3.05, 3.63) is 47.5 Å². The van der Waals surface area contributed by atoms with E-state index in [2.05, 4.69) is 26.0 Å². The maximum Gasteiger partial charge on any atom is 0.338 e. The van der Waals surface area contributed by atoms with E-state index in [0.717, 1.165) is 43.9 Å². The van der Waals surface area contributed by atoms with Crippen molar-refractivity contribution in [1.82, 2.24) is 0 Å². The molecule has 1 aromatic rings. The normalized spacial score (nSPS) is 28.4. The van der Waals surface area contributed by atoms with E-state index in [0.29, 0.717) is 11.5 Å². The first-order valence-electron chi connectivity index (χ1n) is 11.7. The van der Waals surface area contributed by atoms with Gasteiger partial charge in [-0.05, 0) is 93.2 Å². The highest BCUT2D eigenvalue weighted by molar-refractivity contribution is 5.89. The van der Waals surface area contributed by atoms with E-state index in [1.54, 1.807) is 0 Å². The van der Waals surface area contributed by atoms with Gasteiger partial charge in [0.1, 0.15) is 6.10 Å². The van der Waals surface area contributed by atoms with Gasteiger partial charge in [0, 0.05) is 0 Å². The van der Waals surface area contributed by atoms with Crippen molar-refractivity contribution >= 4 is 5.97 Å². The Kier molecular flexibility index (Phi) is 8.18. The molecule has 0 heterocycles. The minimum Gasteiger partial charge on any atom is -0.459 e. The van der Waals surface area contributed by atoms with Crippen molar-refractivity contribution in [2.75, 3.05) is 0 Å². The van der Waals surface area contributed by atoms with Gasteiger partial charge in [0.2, 0.25) is 0 Å². The van der Waals surface area contributed by atoms with Crippen LogP contribution in [0.25, 0.3) is 0 Å². The second kappa shape index (κ2) is 10.8. The fraction of sp³-hybridized carbons (Fsp3) is 0.654. The number of hydrogen-bond acceptors (Lipinski definition) is 2. The second-order valence-electron chi connectivity index (χ2n) is 8.95. The van der Waals surface area contributed by atoms with E-state index in [-0.39, 0.29) is 12.1 Å². The van der Waals surface area contributed by atoms with Crippen LogP contribution in [0.15, 0.2) is 36.4 Å². The number of ether oxygens (including phenoxy) is 1. The third-order valence-electron chi connectivity index (χ3n) is 6.83. The third kappa shape index (κ3) is 6.22. The Morgan fingerprint density at radius 3 is 2.00 bits per heavy atom. The zero-order chi connectivity index (χ0) is 19.8. The lowest BCUT2D eigenvalue weighted by atomic mass is 9.79. The Morgan fingerprint density at radius 2 is 1.46 bits per heavy atom. The van der Waals surface area contributed by atoms with Gasteiger partial charge in [0.25, 0.3) is 0 Å². The van der Waals surface area contributed by atoms with E-state index in [4.69, 9.17) is 4.74 Å². The molecular weight excluding hydrogens is 344 g/mol. The summed E-state index contributed by atoms with van der Waals surface area (Å²) >= 11 is 0. The lowest BCUT2D eigenvalue weighted by Gasteiger charge is -2.28. The van der Waals surface area contributed by atoms with Gasteiger partial charge in [0.05, 0.1) is 5.56 Å². The summed E-state index contributed by atoms with van der Waals surface area (Å²) in [5.74, 6) is 2.30. The van der Waals surface area contributed by atoms with E-state index in [1.165, 1.54) is 44.1 Å². The zero-order valence-electron chi connectivity index (χ0n) is 17.9. The van der Waals surface area contributed by atoms with Gasteiger partial charge in [0.15, 0.2) is 0 Å². The molecule has 154 valence electrons. The molecule has 0 saturated heterocycles. The van der Waals surface area contributed by atoms with Crippen LogP contribution >= 0.6 is 0 Å². The Morgan fingerprint density at radius 1 is 0.893 bits per heavy atom. The van der Waals surface area contributed by atoms with Crippen molar-refractivity contribution in [3.63, 3.8) is 0 Å². The van der Waals surface area contributed by atoms with Crippen LogP contribution in [0.3, 0.4) is 0 Å². The lowest BCUT2D eigenvalue weighted by Crippen LogP contribution is -2.24. The summed E-state index contributed by atoms with van der Waals surface area (Å²) < 4.78 is 5.77. The molecule has 0 amide bonds. The van der Waals surface area contributed by atoms with Gasteiger partial charge >= 0.3 is 5.97 Å². The molecule has 2 aliphatic carbocycles. The molecule has 2 aliphatic rings. The maximum absolute atomic E-state index is 12.4. The van der Waals surface area contributed by atoms with Gasteiger partial charge in [-0.25, -0.2) is 4.79 Å². The fourth-order valence-corrected chi connectivity index (χ4v) is 4.89. The lowest BCUT2D eigenvalue weighted by molar-refractivity contribution is 0.0184. The van der Waals surface area contributed by atoms with Crippen LogP contribution in [0.2, 0.25) is 0 Å². The van der Waals surface area contributed by atoms with Crippen molar-refractivity contribution < 1.29 is 9.53 Å². The molecule has 28 heavy (non-hydrogen) atoms. The van der Waals surface area contributed by atoms with Crippen LogP contribution in [0.1, 0.15) is 94.0 Å². The SMILES string of the molecule is CCCC1CCC(/C=C/C2CCC(OC(=O)c3ccc(CC)cc3)CC2)CC1. The molecule has 0 aliphatic heterocycles. The molecule has 1 aromatic carbocycles. The average Bonchev–Trinajstić information content (AvgIpc) is 2.74. The topological polar surface area (TPSA) is 26.3 Å². The van der Waals surface area contributed by atoms with Crippen molar-refractivity contribution in [2.45, 2.75) is 90.6 Å². The van der Waals surface area contributed by atoms with Crippen LogP contribution in [-0.2, 0) is 11.2 Å². The number of aryl methyl sites for hydroxylation is 1. The first-order chi connectivity index (χ1) is 13.7. The number of benzene rings is 1. The smallest absolute Gasteiger partial charge is 0.338 e. The summed E-state index contributed by atoms with van der Waals surface area (Å²) in [5, 5.41) is 0. The van der Waals surface area contributed by atoms with Crippen LogP contribution in [-0.4, -0.2) is 12.1 Å². The minimum atomic E-state index is -0.162. The summed E-state index contributed by atoms with van der Waals surface area (Å²) in [6.45, 7) is 4.43. The summed E-state index contributed by atoms with van der Waals surface area (Å²) in [4.78, 5) is 12.4. The van der Waals surface area contributed by atoms with E-state index in [1.807, 2.05) is 24.3 Å². The summed E-state index contributed by atoms with van der Waals surface area (Å²) in [6.07, 6.45) is 18.7. The number of carbonyl (C=O) groups is 1. The van der Waals surface area contributed by atoms with Gasteiger partial charge in [-0.3, -0.25) is 0 Å². The number of esters is 1. The van der Waals surface area contributed by atoms with Crippen molar-refractivity contribution in [1.29, 1.82) is 0 Å². The van der Waals surface area contributed by atoms with Gasteiger partial charge in [-0.1, -0.05) is 51.0 Å². The molecule has 0 N–H and O–H groups in total. The van der Waals surface area contributed by atoms with Gasteiger partial charge < -0.3 is 4.74 Å². The van der Waals surface area contributed by atoms with Crippen LogP contribution in [0, 0.1) is 17.8 Å². The van der Waals surface area contributed by atoms with Gasteiger partial charge in [-0.2, -0.15) is 0 Å². The molecular formula is C26H38O2. The van der Waals surface area contributed by atoms with Crippen molar-refractivity contribution in [3.8, 4) is 0 Å². The molecule has 0 unspecified atom stereocenters. The molecule has 0 spiro atoms. The summed E-state index contributed by atoms with van der Waals surface area (Å²) in [7, 11) is 0. The third-order valence-corrected chi connectivity index (χ3v) is 6.83. The van der Waals surface area contributed by atoms with Crippen LogP contribution in [0.4, 0.5) is 0 Å². The molecule has 2 saturated carbocycles. The molecule has 3 rings (SSSR count).